The van der Waals surface area contributed by atoms with Crippen molar-refractivity contribution in [3.8, 4) is 0 Å². The van der Waals surface area contributed by atoms with Gasteiger partial charge in [0.1, 0.15) is 6.10 Å². The van der Waals surface area contributed by atoms with Crippen LogP contribution in [-0.4, -0.2) is 53.0 Å². The summed E-state index contributed by atoms with van der Waals surface area (Å²) in [5, 5.41) is 12.7. The van der Waals surface area contributed by atoms with Crippen molar-refractivity contribution in [3.05, 3.63) is 48.6 Å². The molecule has 7 heteroatoms. The molecule has 1 aromatic rings. The number of benzene rings is 1. The molecule has 0 aromatic heterocycles. The lowest BCUT2D eigenvalue weighted by Crippen LogP contribution is -2.59. The third kappa shape index (κ3) is 3.81. The van der Waals surface area contributed by atoms with Gasteiger partial charge in [-0.15, -0.1) is 0 Å². The lowest BCUT2D eigenvalue weighted by molar-refractivity contribution is -0.152. The minimum absolute atomic E-state index is 0.190. The van der Waals surface area contributed by atoms with E-state index in [0.717, 1.165) is 5.56 Å². The molecule has 1 heterocycles. The molecule has 5 nitrogen and oxygen atoms in total. The van der Waals surface area contributed by atoms with Crippen LogP contribution in [0.2, 0.25) is 0 Å². The largest absolute Gasteiger partial charge is 0.385 e. The van der Waals surface area contributed by atoms with Crippen molar-refractivity contribution in [2.24, 2.45) is 0 Å². The van der Waals surface area contributed by atoms with Crippen LogP contribution in [0, 0.1) is 0 Å². The van der Waals surface area contributed by atoms with E-state index in [2.05, 4.69) is 11.9 Å². The van der Waals surface area contributed by atoms with Gasteiger partial charge < -0.3 is 15.3 Å². The van der Waals surface area contributed by atoms with Crippen LogP contribution in [0.3, 0.4) is 0 Å². The first-order valence-electron chi connectivity index (χ1n) is 9.64. The molecular weight excluding hydrogens is 366 g/mol. The summed E-state index contributed by atoms with van der Waals surface area (Å²) < 4.78 is 27.8. The fourth-order valence-corrected chi connectivity index (χ4v) is 4.26. The van der Waals surface area contributed by atoms with Crippen LogP contribution in [0.5, 0.6) is 0 Å². The first-order chi connectivity index (χ1) is 13.3. The second kappa shape index (κ2) is 7.99. The van der Waals surface area contributed by atoms with Gasteiger partial charge in [-0.1, -0.05) is 36.9 Å². The predicted octanol–water partition coefficient (Wildman–Crippen LogP) is 2.40. The molecule has 3 rings (SSSR count). The molecule has 2 fully saturated rings. The van der Waals surface area contributed by atoms with Gasteiger partial charge in [-0.3, -0.25) is 9.59 Å². The number of halogens is 2. The highest BCUT2D eigenvalue weighted by Crippen LogP contribution is 2.38. The molecule has 28 heavy (non-hydrogen) atoms. The van der Waals surface area contributed by atoms with Gasteiger partial charge in [0.2, 0.25) is 11.8 Å². The molecule has 1 aromatic carbocycles. The van der Waals surface area contributed by atoms with E-state index in [9.17, 15) is 23.5 Å². The SMILES string of the molecule is C=CC(=O)N1CCC(C(=O)N[C@H]2CCCC(F)(F)[C@@H]2O)(c2ccccc2)CC1. The van der Waals surface area contributed by atoms with Gasteiger partial charge in [0.25, 0.3) is 5.92 Å². The molecular formula is C21H26F2N2O3. The summed E-state index contributed by atoms with van der Waals surface area (Å²) in [6.45, 7) is 4.24. The second-order valence-corrected chi connectivity index (χ2v) is 7.66. The van der Waals surface area contributed by atoms with Crippen molar-refractivity contribution in [1.82, 2.24) is 10.2 Å². The molecule has 2 amide bonds. The van der Waals surface area contributed by atoms with Crippen molar-refractivity contribution in [2.75, 3.05) is 13.1 Å². The average Bonchev–Trinajstić information content (AvgIpc) is 2.71. The monoisotopic (exact) mass is 392 g/mol. The molecule has 1 aliphatic heterocycles. The number of piperidine rings is 1. The number of aliphatic hydroxyl groups is 1. The Morgan fingerprint density at radius 1 is 1.18 bits per heavy atom. The van der Waals surface area contributed by atoms with E-state index in [-0.39, 0.29) is 24.7 Å². The zero-order chi connectivity index (χ0) is 20.4. The fourth-order valence-electron chi connectivity index (χ4n) is 4.26. The predicted molar refractivity (Wildman–Crippen MR) is 101 cm³/mol. The third-order valence-corrected chi connectivity index (χ3v) is 6.02. The topological polar surface area (TPSA) is 69.6 Å². The Balaban J connectivity index is 1.83. The highest BCUT2D eigenvalue weighted by molar-refractivity contribution is 5.90. The molecule has 2 atom stereocenters. The van der Waals surface area contributed by atoms with E-state index in [1.165, 1.54) is 6.08 Å². The van der Waals surface area contributed by atoms with Crippen molar-refractivity contribution < 1.29 is 23.5 Å². The number of aliphatic hydroxyl groups excluding tert-OH is 1. The molecule has 0 radical (unpaired) electrons. The van der Waals surface area contributed by atoms with Crippen molar-refractivity contribution in [1.29, 1.82) is 0 Å². The summed E-state index contributed by atoms with van der Waals surface area (Å²) in [6, 6.07) is 8.21. The second-order valence-electron chi connectivity index (χ2n) is 7.66. The highest BCUT2D eigenvalue weighted by atomic mass is 19.3. The summed E-state index contributed by atoms with van der Waals surface area (Å²) in [6.07, 6.45) is 0.298. The Labute approximate surface area is 163 Å². The smallest absolute Gasteiger partial charge is 0.275 e. The van der Waals surface area contributed by atoms with Crippen molar-refractivity contribution in [3.63, 3.8) is 0 Å². The van der Waals surface area contributed by atoms with Crippen LogP contribution >= 0.6 is 0 Å². The van der Waals surface area contributed by atoms with E-state index in [1.807, 2.05) is 30.3 Å². The lowest BCUT2D eigenvalue weighted by Gasteiger charge is -2.43. The van der Waals surface area contributed by atoms with E-state index in [1.54, 1.807) is 4.90 Å². The van der Waals surface area contributed by atoms with Gasteiger partial charge in [0, 0.05) is 19.5 Å². The van der Waals surface area contributed by atoms with Crippen LogP contribution in [0.25, 0.3) is 0 Å². The van der Waals surface area contributed by atoms with Crippen LogP contribution in [-0.2, 0) is 15.0 Å². The maximum Gasteiger partial charge on any atom is 0.275 e. The van der Waals surface area contributed by atoms with Gasteiger partial charge >= 0.3 is 0 Å². The summed E-state index contributed by atoms with van der Waals surface area (Å²) in [5.41, 5.74) is -0.138. The number of amides is 2. The quantitative estimate of drug-likeness (QED) is 0.773. The van der Waals surface area contributed by atoms with E-state index >= 15 is 0 Å². The number of rotatable bonds is 4. The summed E-state index contributed by atoms with van der Waals surface area (Å²) in [5.74, 6) is -3.76. The van der Waals surface area contributed by atoms with E-state index in [4.69, 9.17) is 0 Å². The van der Waals surface area contributed by atoms with Crippen LogP contribution in [0.15, 0.2) is 43.0 Å². The molecule has 0 unspecified atom stereocenters. The van der Waals surface area contributed by atoms with Gasteiger partial charge in [0.15, 0.2) is 0 Å². The maximum absolute atomic E-state index is 13.9. The number of likely N-dealkylation sites (tertiary alicyclic amines) is 1. The lowest BCUT2D eigenvalue weighted by atomic mass is 9.71. The third-order valence-electron chi connectivity index (χ3n) is 6.02. The molecule has 1 saturated carbocycles. The summed E-state index contributed by atoms with van der Waals surface area (Å²) >= 11 is 0. The molecule has 2 aliphatic rings. The number of carbonyl (C=O) groups is 2. The summed E-state index contributed by atoms with van der Waals surface area (Å²) in [4.78, 5) is 26.8. The molecule has 152 valence electrons. The summed E-state index contributed by atoms with van der Waals surface area (Å²) in [7, 11) is 0. The molecule has 1 aliphatic carbocycles. The van der Waals surface area contributed by atoms with Gasteiger partial charge in [0.05, 0.1) is 11.5 Å². The van der Waals surface area contributed by atoms with Gasteiger partial charge in [-0.25, -0.2) is 8.78 Å². The fraction of sp³-hybridized carbons (Fsp3) is 0.524. The van der Waals surface area contributed by atoms with E-state index < -0.39 is 23.5 Å². The number of nitrogens with zero attached hydrogens (tertiary/aromatic N) is 1. The Morgan fingerprint density at radius 3 is 2.43 bits per heavy atom. The van der Waals surface area contributed by atoms with Crippen LogP contribution in [0.1, 0.15) is 37.7 Å². The van der Waals surface area contributed by atoms with Crippen molar-refractivity contribution >= 4 is 11.8 Å². The Kier molecular flexibility index (Phi) is 5.84. The minimum atomic E-state index is -3.20. The van der Waals surface area contributed by atoms with Crippen LogP contribution in [0.4, 0.5) is 8.78 Å². The number of alkyl halides is 2. The number of hydrogen-bond donors (Lipinski definition) is 2. The maximum atomic E-state index is 13.9. The Bertz CT molecular complexity index is 730. The number of carbonyl (C=O) groups excluding carboxylic acids is 2. The Morgan fingerprint density at radius 2 is 1.82 bits per heavy atom. The number of nitrogens with one attached hydrogen (secondary N) is 1. The first-order valence-corrected chi connectivity index (χ1v) is 9.64. The zero-order valence-corrected chi connectivity index (χ0v) is 15.7. The highest BCUT2D eigenvalue weighted by Gasteiger charge is 2.49. The first kappa shape index (κ1) is 20.5. The Hall–Kier alpha value is -2.28. The van der Waals surface area contributed by atoms with Crippen molar-refractivity contribution in [2.45, 2.75) is 55.6 Å². The normalized spacial score (nSPS) is 26.3. The van der Waals surface area contributed by atoms with Gasteiger partial charge in [-0.2, -0.15) is 0 Å². The molecule has 0 spiro atoms. The zero-order valence-electron chi connectivity index (χ0n) is 15.7. The standard InChI is InChI=1S/C21H26F2N2O3/c1-2-17(26)25-13-11-20(12-14-25,15-7-4-3-5-8-15)19(28)24-16-9-6-10-21(22,23)18(16)27/h2-5,7-8,16,18,27H,1,6,9-14H2,(H,24,28)/t16-,18+/m0/s1. The molecule has 1 saturated heterocycles. The van der Waals surface area contributed by atoms with E-state index in [0.29, 0.717) is 32.4 Å². The average molecular weight is 392 g/mol. The van der Waals surface area contributed by atoms with Crippen LogP contribution < -0.4 is 5.32 Å². The minimum Gasteiger partial charge on any atom is -0.385 e. The van der Waals surface area contributed by atoms with Gasteiger partial charge in [-0.05, 0) is 37.3 Å². The molecule has 0 bridgehead atoms. The molecule has 2 N–H and O–H groups in total. The number of hydrogen-bond acceptors (Lipinski definition) is 3.